The van der Waals surface area contributed by atoms with Gasteiger partial charge in [0.2, 0.25) is 5.91 Å². The van der Waals surface area contributed by atoms with Crippen molar-refractivity contribution in [3.05, 3.63) is 35.4 Å². The fourth-order valence-electron chi connectivity index (χ4n) is 4.14. The molecule has 1 aromatic carbocycles. The van der Waals surface area contributed by atoms with Crippen molar-refractivity contribution in [2.45, 2.75) is 51.1 Å². The SMILES string of the molecule is Cc1ccc(CNC(=O)N2C(=N)CCCC2C(=O)N2CC3(C2)CC3(F)F)cc1. The number of rotatable bonds is 3. The number of amides is 3. The first-order valence-electron chi connectivity index (χ1n) is 9.59. The van der Waals surface area contributed by atoms with Gasteiger partial charge in [-0.2, -0.15) is 0 Å². The van der Waals surface area contributed by atoms with Crippen LogP contribution in [0.2, 0.25) is 0 Å². The Bertz CT molecular complexity index is 818. The van der Waals surface area contributed by atoms with Crippen molar-refractivity contribution >= 4 is 17.8 Å². The van der Waals surface area contributed by atoms with Crippen molar-refractivity contribution in [3.63, 3.8) is 0 Å². The lowest BCUT2D eigenvalue weighted by molar-refractivity contribution is -0.146. The van der Waals surface area contributed by atoms with Gasteiger partial charge in [0.05, 0.1) is 5.41 Å². The minimum Gasteiger partial charge on any atom is -0.339 e. The fraction of sp³-hybridized carbons (Fsp3) is 0.550. The number of likely N-dealkylation sites (tertiary alicyclic amines) is 2. The van der Waals surface area contributed by atoms with E-state index in [1.807, 2.05) is 31.2 Å². The van der Waals surface area contributed by atoms with Crippen molar-refractivity contribution in [1.82, 2.24) is 15.1 Å². The normalized spacial score (nSPS) is 24.7. The number of nitrogens with zero attached hydrogens (tertiary/aromatic N) is 2. The van der Waals surface area contributed by atoms with Crippen LogP contribution < -0.4 is 5.32 Å². The molecule has 4 rings (SSSR count). The van der Waals surface area contributed by atoms with E-state index < -0.39 is 23.4 Å². The molecule has 2 saturated heterocycles. The predicted octanol–water partition coefficient (Wildman–Crippen LogP) is 2.90. The van der Waals surface area contributed by atoms with Crippen LogP contribution in [-0.2, 0) is 11.3 Å². The second-order valence-electron chi connectivity index (χ2n) is 8.22. The van der Waals surface area contributed by atoms with E-state index in [1.165, 1.54) is 9.80 Å². The van der Waals surface area contributed by atoms with Crippen LogP contribution in [0.3, 0.4) is 0 Å². The minimum absolute atomic E-state index is 0.0431. The molecule has 1 unspecified atom stereocenters. The molecule has 1 aliphatic carbocycles. The summed E-state index contributed by atoms with van der Waals surface area (Å²) in [7, 11) is 0. The smallest absolute Gasteiger partial charge is 0.323 e. The van der Waals surface area contributed by atoms with E-state index >= 15 is 0 Å². The Kier molecular flexibility index (Phi) is 4.39. The Labute approximate surface area is 162 Å². The molecule has 1 spiro atoms. The molecule has 0 radical (unpaired) electrons. The van der Waals surface area contributed by atoms with E-state index in [0.717, 1.165) is 11.1 Å². The molecule has 2 N–H and O–H groups in total. The van der Waals surface area contributed by atoms with E-state index in [2.05, 4.69) is 5.32 Å². The van der Waals surface area contributed by atoms with Crippen LogP contribution in [0, 0.1) is 17.7 Å². The first-order chi connectivity index (χ1) is 13.2. The van der Waals surface area contributed by atoms with Gasteiger partial charge in [-0.3, -0.25) is 15.1 Å². The van der Waals surface area contributed by atoms with Gasteiger partial charge >= 0.3 is 6.03 Å². The molecule has 6 nitrogen and oxygen atoms in total. The number of urea groups is 1. The third-order valence-corrected chi connectivity index (χ3v) is 6.07. The molecule has 1 saturated carbocycles. The molecule has 2 aliphatic heterocycles. The first kappa shape index (κ1) is 18.8. The summed E-state index contributed by atoms with van der Waals surface area (Å²) in [6, 6.07) is 6.44. The number of amidine groups is 1. The van der Waals surface area contributed by atoms with E-state index in [1.54, 1.807) is 0 Å². The molecule has 28 heavy (non-hydrogen) atoms. The predicted molar refractivity (Wildman–Crippen MR) is 99.2 cm³/mol. The quantitative estimate of drug-likeness (QED) is 0.833. The van der Waals surface area contributed by atoms with Crippen LogP contribution in [0.1, 0.15) is 36.8 Å². The molecule has 0 aromatic heterocycles. The molecule has 0 bridgehead atoms. The number of benzene rings is 1. The zero-order valence-electron chi connectivity index (χ0n) is 15.8. The Morgan fingerprint density at radius 2 is 1.89 bits per heavy atom. The molecule has 8 heteroatoms. The van der Waals surface area contributed by atoms with Gasteiger partial charge in [0, 0.05) is 32.5 Å². The standard InChI is InChI=1S/C20H24F2N4O2/c1-13-5-7-14(8-6-13)9-24-18(28)26-15(3-2-4-16(26)23)17(27)25-11-19(12-25)10-20(19,21)22/h5-8,15,23H,2-4,9-12H2,1H3,(H,24,28). The highest BCUT2D eigenvalue weighted by atomic mass is 19.3. The third kappa shape index (κ3) is 3.14. The second-order valence-corrected chi connectivity index (χ2v) is 8.22. The van der Waals surface area contributed by atoms with E-state index in [4.69, 9.17) is 5.41 Å². The van der Waals surface area contributed by atoms with Gasteiger partial charge in [0.25, 0.3) is 5.92 Å². The molecular weight excluding hydrogens is 366 g/mol. The molecule has 3 amide bonds. The van der Waals surface area contributed by atoms with Crippen LogP contribution in [0.15, 0.2) is 24.3 Å². The van der Waals surface area contributed by atoms with Crippen LogP contribution in [0.5, 0.6) is 0 Å². The highest BCUT2D eigenvalue weighted by Gasteiger charge is 2.76. The van der Waals surface area contributed by atoms with Gasteiger partial charge in [-0.25, -0.2) is 13.6 Å². The van der Waals surface area contributed by atoms with Crippen molar-refractivity contribution in [3.8, 4) is 0 Å². The van der Waals surface area contributed by atoms with Crippen LogP contribution in [0.4, 0.5) is 13.6 Å². The zero-order valence-corrected chi connectivity index (χ0v) is 15.8. The van der Waals surface area contributed by atoms with Crippen molar-refractivity contribution in [2.75, 3.05) is 13.1 Å². The lowest BCUT2D eigenvalue weighted by Gasteiger charge is -2.44. The van der Waals surface area contributed by atoms with Gasteiger partial charge in [0.15, 0.2) is 0 Å². The van der Waals surface area contributed by atoms with Crippen LogP contribution in [-0.4, -0.2) is 52.6 Å². The summed E-state index contributed by atoms with van der Waals surface area (Å²) in [6.45, 7) is 2.36. The zero-order chi connectivity index (χ0) is 20.1. The van der Waals surface area contributed by atoms with Crippen molar-refractivity contribution < 1.29 is 18.4 Å². The van der Waals surface area contributed by atoms with Gasteiger partial charge in [0.1, 0.15) is 11.9 Å². The molecule has 3 fully saturated rings. The Balaban J connectivity index is 1.40. The maximum atomic E-state index is 13.4. The number of aryl methyl sites for hydroxylation is 1. The van der Waals surface area contributed by atoms with Crippen molar-refractivity contribution in [2.24, 2.45) is 5.41 Å². The lowest BCUT2D eigenvalue weighted by Crippen LogP contribution is -2.62. The summed E-state index contributed by atoms with van der Waals surface area (Å²) in [5, 5.41) is 10.9. The molecule has 150 valence electrons. The second kappa shape index (κ2) is 6.53. The van der Waals surface area contributed by atoms with E-state index in [0.29, 0.717) is 25.8 Å². The summed E-state index contributed by atoms with van der Waals surface area (Å²) >= 11 is 0. The third-order valence-electron chi connectivity index (χ3n) is 6.07. The van der Waals surface area contributed by atoms with Crippen LogP contribution in [0.25, 0.3) is 0 Å². The van der Waals surface area contributed by atoms with Crippen LogP contribution >= 0.6 is 0 Å². The number of piperidine rings is 1. The summed E-state index contributed by atoms with van der Waals surface area (Å²) in [6.07, 6.45) is 1.33. The van der Waals surface area contributed by atoms with Gasteiger partial charge < -0.3 is 10.2 Å². The lowest BCUT2D eigenvalue weighted by atomic mass is 9.92. The van der Waals surface area contributed by atoms with Gasteiger partial charge in [-0.1, -0.05) is 29.8 Å². The summed E-state index contributed by atoms with van der Waals surface area (Å²) in [5.74, 6) is -2.91. The fourth-order valence-corrected chi connectivity index (χ4v) is 4.14. The Hall–Kier alpha value is -2.51. The molecule has 3 aliphatic rings. The minimum atomic E-state index is -2.67. The van der Waals surface area contributed by atoms with Gasteiger partial charge in [-0.15, -0.1) is 0 Å². The Morgan fingerprint density at radius 3 is 2.50 bits per heavy atom. The number of nitrogens with one attached hydrogen (secondary N) is 2. The molecule has 1 aromatic rings. The number of alkyl halides is 2. The number of halogens is 2. The van der Waals surface area contributed by atoms with Gasteiger partial charge in [-0.05, 0) is 25.3 Å². The maximum Gasteiger partial charge on any atom is 0.323 e. The Morgan fingerprint density at radius 1 is 1.25 bits per heavy atom. The average Bonchev–Trinajstić information content (AvgIpc) is 3.21. The number of carbonyl (C=O) groups is 2. The molecule has 1 atom stereocenters. The number of hydrogen-bond acceptors (Lipinski definition) is 3. The first-order valence-corrected chi connectivity index (χ1v) is 9.59. The van der Waals surface area contributed by atoms with E-state index in [9.17, 15) is 18.4 Å². The maximum absolute atomic E-state index is 13.4. The summed E-state index contributed by atoms with van der Waals surface area (Å²) in [4.78, 5) is 28.2. The van der Waals surface area contributed by atoms with Crippen molar-refractivity contribution in [1.29, 1.82) is 5.41 Å². The molecular formula is C20H24F2N4O2. The highest BCUT2D eigenvalue weighted by Crippen LogP contribution is 2.65. The largest absolute Gasteiger partial charge is 0.339 e. The van der Waals surface area contributed by atoms with E-state index in [-0.39, 0.29) is 31.3 Å². The summed E-state index contributed by atoms with van der Waals surface area (Å²) < 4.78 is 26.8. The monoisotopic (exact) mass is 390 g/mol. The summed E-state index contributed by atoms with van der Waals surface area (Å²) in [5.41, 5.74) is 1.00. The number of hydrogen-bond donors (Lipinski definition) is 2. The highest BCUT2D eigenvalue weighted by molar-refractivity contribution is 6.01. The topological polar surface area (TPSA) is 76.5 Å². The molecule has 2 heterocycles. The average molecular weight is 390 g/mol. The number of carbonyl (C=O) groups excluding carboxylic acids is 2.